The molecule has 6 heteroatoms. The van der Waals surface area contributed by atoms with Gasteiger partial charge in [-0.2, -0.15) is 0 Å². The summed E-state index contributed by atoms with van der Waals surface area (Å²) in [6.45, 7) is 0. The molecule has 0 atom stereocenters. The van der Waals surface area contributed by atoms with Gasteiger partial charge in [0.1, 0.15) is 5.75 Å². The van der Waals surface area contributed by atoms with Crippen LogP contribution in [0, 0.1) is 0 Å². The second-order valence-electron chi connectivity index (χ2n) is 2.75. The number of hydrogen-bond acceptors (Lipinski definition) is 3. The van der Waals surface area contributed by atoms with Gasteiger partial charge in [-0.05, 0) is 24.3 Å². The lowest BCUT2D eigenvalue weighted by molar-refractivity contribution is -0.274. The molecular formula is C10H7F3O3. The van der Waals surface area contributed by atoms with E-state index in [4.69, 9.17) is 5.11 Å². The Kier molecular flexibility index (Phi) is 3.55. The highest BCUT2D eigenvalue weighted by molar-refractivity contribution is 6.04. The van der Waals surface area contributed by atoms with Crippen molar-refractivity contribution in [2.75, 3.05) is 0 Å². The predicted octanol–water partition coefficient (Wildman–Crippen LogP) is 2.84. The summed E-state index contributed by atoms with van der Waals surface area (Å²) in [5, 5.41) is 8.33. The van der Waals surface area contributed by atoms with Crippen LogP contribution in [0.4, 0.5) is 13.2 Å². The van der Waals surface area contributed by atoms with Crippen molar-refractivity contribution in [3.63, 3.8) is 0 Å². The number of benzene rings is 1. The van der Waals surface area contributed by atoms with E-state index in [1.54, 1.807) is 0 Å². The number of ether oxygens (including phenoxy) is 1. The summed E-state index contributed by atoms with van der Waals surface area (Å²) >= 11 is 0. The molecule has 86 valence electrons. The van der Waals surface area contributed by atoms with E-state index < -0.39 is 17.9 Å². The van der Waals surface area contributed by atoms with Gasteiger partial charge in [-0.25, -0.2) is 0 Å². The summed E-state index contributed by atoms with van der Waals surface area (Å²) < 4.78 is 39.0. The van der Waals surface area contributed by atoms with Crippen molar-refractivity contribution in [3.05, 3.63) is 42.2 Å². The van der Waals surface area contributed by atoms with Gasteiger partial charge in [-0.3, -0.25) is 4.79 Å². The van der Waals surface area contributed by atoms with Crippen LogP contribution in [-0.2, 0) is 0 Å². The third-order valence-corrected chi connectivity index (χ3v) is 1.60. The molecule has 1 rings (SSSR count). The van der Waals surface area contributed by atoms with Gasteiger partial charge in [0, 0.05) is 11.6 Å². The van der Waals surface area contributed by atoms with Gasteiger partial charge in [-0.1, -0.05) is 0 Å². The smallest absolute Gasteiger partial charge is 0.515 e. The maximum absolute atomic E-state index is 11.8. The zero-order chi connectivity index (χ0) is 12.2. The van der Waals surface area contributed by atoms with Crippen LogP contribution in [0.3, 0.4) is 0 Å². The molecule has 0 unspecified atom stereocenters. The van der Waals surface area contributed by atoms with Gasteiger partial charge in [0.05, 0.1) is 6.26 Å². The quantitative estimate of drug-likeness (QED) is 0.495. The number of alkyl halides is 3. The Balaban J connectivity index is 2.79. The topological polar surface area (TPSA) is 46.5 Å². The molecule has 1 N–H and O–H groups in total. The maximum atomic E-state index is 11.8. The molecule has 0 aliphatic heterocycles. The number of carbonyl (C=O) groups excluding carboxylic acids is 1. The molecule has 0 saturated heterocycles. The van der Waals surface area contributed by atoms with Gasteiger partial charge in [-0.15, -0.1) is 13.2 Å². The van der Waals surface area contributed by atoms with Crippen molar-refractivity contribution in [1.29, 1.82) is 0 Å². The summed E-state index contributed by atoms with van der Waals surface area (Å²) in [6, 6.07) is 4.38. The van der Waals surface area contributed by atoms with Crippen LogP contribution in [-0.4, -0.2) is 17.3 Å². The van der Waals surface area contributed by atoms with E-state index in [-0.39, 0.29) is 5.56 Å². The molecule has 1 aromatic carbocycles. The molecule has 0 bridgehead atoms. The molecule has 0 aromatic heterocycles. The number of ketones is 1. The lowest BCUT2D eigenvalue weighted by Gasteiger charge is -2.08. The first-order chi connectivity index (χ1) is 7.42. The highest BCUT2D eigenvalue weighted by atomic mass is 19.4. The van der Waals surface area contributed by atoms with Crippen LogP contribution in [0.25, 0.3) is 0 Å². The Bertz CT molecular complexity index is 393. The van der Waals surface area contributed by atoms with Crippen LogP contribution in [0.5, 0.6) is 5.75 Å². The lowest BCUT2D eigenvalue weighted by Crippen LogP contribution is -2.17. The first kappa shape index (κ1) is 12.1. The predicted molar refractivity (Wildman–Crippen MR) is 49.2 cm³/mol. The van der Waals surface area contributed by atoms with Crippen LogP contribution < -0.4 is 4.74 Å². The third kappa shape index (κ3) is 3.64. The molecule has 0 aliphatic rings. The number of halogens is 3. The van der Waals surface area contributed by atoms with Crippen LogP contribution >= 0.6 is 0 Å². The fraction of sp³-hybridized carbons (Fsp3) is 0.100. The standard InChI is InChI=1S/C10H7F3O3/c11-10(12,13)16-8-3-1-7(2-4-8)9(15)5-6-14/h1-6,14H/b6-5+. The second-order valence-corrected chi connectivity index (χ2v) is 2.75. The molecule has 0 radical (unpaired) electrons. The van der Waals surface area contributed by atoms with E-state index in [0.29, 0.717) is 6.26 Å². The molecule has 0 spiro atoms. The Morgan fingerprint density at radius 2 is 1.81 bits per heavy atom. The second kappa shape index (κ2) is 4.69. The van der Waals surface area contributed by atoms with Crippen molar-refractivity contribution >= 4 is 5.78 Å². The highest BCUT2D eigenvalue weighted by Crippen LogP contribution is 2.22. The summed E-state index contributed by atoms with van der Waals surface area (Å²) in [6.07, 6.45) is -3.31. The third-order valence-electron chi connectivity index (χ3n) is 1.60. The van der Waals surface area contributed by atoms with Crippen molar-refractivity contribution in [1.82, 2.24) is 0 Å². The van der Waals surface area contributed by atoms with Crippen LogP contribution in [0.15, 0.2) is 36.6 Å². The number of hydrogen-bond donors (Lipinski definition) is 1. The molecular weight excluding hydrogens is 225 g/mol. The van der Waals surface area contributed by atoms with E-state index in [1.165, 1.54) is 12.1 Å². The Morgan fingerprint density at radius 3 is 2.25 bits per heavy atom. The Labute approximate surface area is 88.8 Å². The van der Waals surface area contributed by atoms with Crippen molar-refractivity contribution in [2.45, 2.75) is 6.36 Å². The summed E-state index contributed by atoms with van der Waals surface area (Å²) in [4.78, 5) is 11.1. The van der Waals surface area contributed by atoms with Crippen LogP contribution in [0.2, 0.25) is 0 Å². The minimum absolute atomic E-state index is 0.153. The number of allylic oxidation sites excluding steroid dienone is 1. The summed E-state index contributed by atoms with van der Waals surface area (Å²) in [5.74, 6) is -0.918. The summed E-state index contributed by atoms with van der Waals surface area (Å²) in [5.41, 5.74) is 0.153. The molecule has 3 nitrogen and oxygen atoms in total. The molecule has 0 heterocycles. The van der Waals surface area contributed by atoms with Gasteiger partial charge in [0.15, 0.2) is 5.78 Å². The molecule has 0 amide bonds. The monoisotopic (exact) mass is 232 g/mol. The molecule has 16 heavy (non-hydrogen) atoms. The molecule has 0 saturated carbocycles. The van der Waals surface area contributed by atoms with Crippen molar-refractivity contribution < 1.29 is 27.8 Å². The normalized spacial score (nSPS) is 11.7. The first-order valence-electron chi connectivity index (χ1n) is 4.13. The van der Waals surface area contributed by atoms with E-state index in [0.717, 1.165) is 18.2 Å². The summed E-state index contributed by atoms with van der Waals surface area (Å²) in [7, 11) is 0. The zero-order valence-electron chi connectivity index (χ0n) is 7.86. The molecule has 0 fully saturated rings. The van der Waals surface area contributed by atoms with E-state index >= 15 is 0 Å². The minimum atomic E-state index is -4.75. The Morgan fingerprint density at radius 1 is 1.25 bits per heavy atom. The molecule has 0 aliphatic carbocycles. The average molecular weight is 232 g/mol. The van der Waals surface area contributed by atoms with Crippen molar-refractivity contribution in [3.8, 4) is 5.75 Å². The fourth-order valence-electron chi connectivity index (χ4n) is 0.985. The Hall–Kier alpha value is -1.98. The number of aliphatic hydroxyl groups is 1. The number of aliphatic hydroxyl groups excluding tert-OH is 1. The average Bonchev–Trinajstić information content (AvgIpc) is 2.16. The van der Waals surface area contributed by atoms with Gasteiger partial charge in [0.25, 0.3) is 0 Å². The van der Waals surface area contributed by atoms with E-state index in [2.05, 4.69) is 4.74 Å². The first-order valence-corrected chi connectivity index (χ1v) is 4.13. The SMILES string of the molecule is O=C(/C=C/O)c1ccc(OC(F)(F)F)cc1. The number of rotatable bonds is 3. The minimum Gasteiger partial charge on any atom is -0.515 e. The van der Waals surface area contributed by atoms with Gasteiger partial charge in [0.2, 0.25) is 0 Å². The largest absolute Gasteiger partial charge is 0.573 e. The van der Waals surface area contributed by atoms with Gasteiger partial charge < -0.3 is 9.84 Å². The van der Waals surface area contributed by atoms with Gasteiger partial charge >= 0.3 is 6.36 Å². The highest BCUT2D eigenvalue weighted by Gasteiger charge is 2.30. The molecule has 1 aromatic rings. The fourth-order valence-corrected chi connectivity index (χ4v) is 0.985. The zero-order valence-corrected chi connectivity index (χ0v) is 7.86. The van der Waals surface area contributed by atoms with Crippen LogP contribution in [0.1, 0.15) is 10.4 Å². The van der Waals surface area contributed by atoms with Crippen molar-refractivity contribution in [2.24, 2.45) is 0 Å². The maximum Gasteiger partial charge on any atom is 0.573 e. The number of carbonyl (C=O) groups is 1. The lowest BCUT2D eigenvalue weighted by atomic mass is 10.1. The van der Waals surface area contributed by atoms with E-state index in [9.17, 15) is 18.0 Å². The van der Waals surface area contributed by atoms with E-state index in [1.807, 2.05) is 0 Å².